The molecule has 0 aromatic heterocycles. The van der Waals surface area contributed by atoms with Crippen LogP contribution in [0.25, 0.3) is 0 Å². The minimum absolute atomic E-state index is 1.19. The number of fused-ring (bicyclic) bond motifs is 1. The number of hydrogen-bond donors (Lipinski definition) is 0. The van der Waals surface area contributed by atoms with Gasteiger partial charge in [-0.2, -0.15) is 0 Å². The molecule has 3 rings (SSSR count). The fraction of sp³-hybridized carbons (Fsp3) is 1.00. The molecule has 0 amide bonds. The summed E-state index contributed by atoms with van der Waals surface area (Å²) in [7, 11) is 0. The predicted molar refractivity (Wildman–Crippen MR) is 48.1 cm³/mol. The van der Waals surface area contributed by atoms with Gasteiger partial charge < -0.3 is 0 Å². The smallest absolute Gasteiger partial charge is 0.0409 e. The molecule has 0 aromatic carbocycles. The molecule has 0 radical (unpaired) electrons. The largest absolute Gasteiger partial charge is 0.0683 e. The molecule has 62 valence electrons. The minimum Gasteiger partial charge on any atom is -0.0683 e. The van der Waals surface area contributed by atoms with Crippen molar-refractivity contribution in [2.24, 2.45) is 11.8 Å². The van der Waals surface area contributed by atoms with Gasteiger partial charge in [-0.05, 0) is 24.7 Å². The van der Waals surface area contributed by atoms with Crippen molar-refractivity contribution >= 4 is 0 Å². The molecule has 10 heavy (non-hydrogen) atoms. The number of hydrogen-bond acceptors (Lipinski definition) is 0. The molecule has 2 bridgehead atoms. The third kappa shape index (κ3) is 2.32. The molecule has 0 unspecified atom stereocenters. The second kappa shape index (κ2) is 5.76. The Morgan fingerprint density at radius 3 is 1.10 bits per heavy atom. The first-order chi connectivity index (χ1) is 4.95. The van der Waals surface area contributed by atoms with Crippen molar-refractivity contribution in [3.63, 3.8) is 0 Å². The van der Waals surface area contributed by atoms with E-state index in [1.807, 2.05) is 27.7 Å². The van der Waals surface area contributed by atoms with Crippen molar-refractivity contribution in [2.75, 3.05) is 0 Å². The van der Waals surface area contributed by atoms with Crippen molar-refractivity contribution in [1.82, 2.24) is 0 Å². The van der Waals surface area contributed by atoms with E-state index in [4.69, 9.17) is 0 Å². The summed E-state index contributed by atoms with van der Waals surface area (Å²) < 4.78 is 0. The summed E-state index contributed by atoms with van der Waals surface area (Å²) in [6.07, 6.45) is 6.29. The first-order valence-corrected chi connectivity index (χ1v) is 4.95. The molecule has 3 aliphatic carbocycles. The van der Waals surface area contributed by atoms with Crippen LogP contribution in [0.3, 0.4) is 0 Å². The molecule has 0 heteroatoms. The molecule has 0 heterocycles. The van der Waals surface area contributed by atoms with Crippen LogP contribution in [0.4, 0.5) is 0 Å². The highest BCUT2D eigenvalue weighted by atomic mass is 14.4. The van der Waals surface area contributed by atoms with E-state index in [0.717, 1.165) is 0 Å². The Bertz CT molecular complexity index is 46.9. The van der Waals surface area contributed by atoms with Crippen molar-refractivity contribution < 1.29 is 0 Å². The standard InChI is InChI=1S/C6H10.2C2H6/c1-2-6-3-5(1)4-6;2*1-2/h5-6H,1-4H2;2*1-2H3. The van der Waals surface area contributed by atoms with E-state index < -0.39 is 0 Å². The monoisotopic (exact) mass is 142 g/mol. The van der Waals surface area contributed by atoms with Gasteiger partial charge >= 0.3 is 0 Å². The predicted octanol–water partition coefficient (Wildman–Crippen LogP) is 3.86. The molecule has 0 nitrogen and oxygen atoms in total. The average molecular weight is 142 g/mol. The molecule has 3 saturated carbocycles. The lowest BCUT2D eigenvalue weighted by molar-refractivity contribution is 0.304. The van der Waals surface area contributed by atoms with E-state index >= 15 is 0 Å². The van der Waals surface area contributed by atoms with Crippen LogP contribution in [0.15, 0.2) is 0 Å². The molecule has 3 fully saturated rings. The second-order valence-electron chi connectivity index (χ2n) is 2.78. The van der Waals surface area contributed by atoms with Crippen molar-refractivity contribution in [3.8, 4) is 0 Å². The van der Waals surface area contributed by atoms with E-state index in [1.54, 1.807) is 25.7 Å². The normalized spacial score (nSPS) is 32.4. The summed E-state index contributed by atoms with van der Waals surface area (Å²) in [5.41, 5.74) is 0. The van der Waals surface area contributed by atoms with Gasteiger partial charge in [0.1, 0.15) is 0 Å². The maximum absolute atomic E-state index is 2.00. The molecule has 0 aromatic rings. The average Bonchev–Trinajstić information content (AvgIpc) is 2.54. The summed E-state index contributed by atoms with van der Waals surface area (Å²) >= 11 is 0. The third-order valence-electron chi connectivity index (χ3n) is 2.32. The zero-order chi connectivity index (χ0) is 7.98. The van der Waals surface area contributed by atoms with Gasteiger partial charge in [0.05, 0.1) is 0 Å². The Hall–Kier alpha value is 0. The highest BCUT2D eigenvalue weighted by Gasteiger charge is 2.35. The van der Waals surface area contributed by atoms with E-state index in [9.17, 15) is 0 Å². The molecule has 3 aliphatic rings. The van der Waals surface area contributed by atoms with E-state index in [0.29, 0.717) is 0 Å². The van der Waals surface area contributed by atoms with Gasteiger partial charge in [0.2, 0.25) is 0 Å². The third-order valence-corrected chi connectivity index (χ3v) is 2.32. The minimum atomic E-state index is 1.19. The highest BCUT2D eigenvalue weighted by molar-refractivity contribution is 4.87. The zero-order valence-corrected chi connectivity index (χ0v) is 7.98. The molecule has 0 atom stereocenters. The van der Waals surface area contributed by atoms with Crippen molar-refractivity contribution in [3.05, 3.63) is 0 Å². The van der Waals surface area contributed by atoms with Gasteiger partial charge in [0.25, 0.3) is 0 Å². The second-order valence-corrected chi connectivity index (χ2v) is 2.78. The van der Waals surface area contributed by atoms with Gasteiger partial charge in [-0.25, -0.2) is 0 Å². The highest BCUT2D eigenvalue weighted by Crippen LogP contribution is 2.47. The van der Waals surface area contributed by atoms with Crippen LogP contribution >= 0.6 is 0 Å². The van der Waals surface area contributed by atoms with E-state index in [1.165, 1.54) is 11.8 Å². The van der Waals surface area contributed by atoms with Crippen molar-refractivity contribution in [1.29, 1.82) is 0 Å². The fourth-order valence-corrected chi connectivity index (χ4v) is 1.82. The van der Waals surface area contributed by atoms with Crippen LogP contribution in [0.5, 0.6) is 0 Å². The summed E-state index contributed by atoms with van der Waals surface area (Å²) in [6.45, 7) is 8.00. The molecular weight excluding hydrogens is 120 g/mol. The van der Waals surface area contributed by atoms with Gasteiger partial charge in [-0.3, -0.25) is 0 Å². The summed E-state index contributed by atoms with van der Waals surface area (Å²) in [5, 5.41) is 0. The molecule has 0 spiro atoms. The van der Waals surface area contributed by atoms with Crippen LogP contribution in [-0.2, 0) is 0 Å². The summed E-state index contributed by atoms with van der Waals surface area (Å²) in [6, 6.07) is 0. The maximum atomic E-state index is 2.00. The molecule has 0 N–H and O–H groups in total. The summed E-state index contributed by atoms with van der Waals surface area (Å²) in [4.78, 5) is 0. The van der Waals surface area contributed by atoms with Crippen molar-refractivity contribution in [2.45, 2.75) is 53.4 Å². The fourth-order valence-electron chi connectivity index (χ4n) is 1.82. The Kier molecular flexibility index (Phi) is 5.76. The SMILES string of the molecule is C1CC2CC1C2.CC.CC. The van der Waals surface area contributed by atoms with Crippen LogP contribution in [0, 0.1) is 11.8 Å². The lowest BCUT2D eigenvalue weighted by atomic mass is 9.85. The molecule has 0 aliphatic heterocycles. The van der Waals surface area contributed by atoms with Gasteiger partial charge in [-0.1, -0.05) is 40.5 Å². The van der Waals surface area contributed by atoms with Gasteiger partial charge in [0, 0.05) is 0 Å². The Morgan fingerprint density at radius 2 is 1.00 bits per heavy atom. The lowest BCUT2D eigenvalue weighted by Crippen LogP contribution is -2.09. The van der Waals surface area contributed by atoms with Crippen LogP contribution in [-0.4, -0.2) is 0 Å². The lowest BCUT2D eigenvalue weighted by Gasteiger charge is -2.21. The van der Waals surface area contributed by atoms with Crippen LogP contribution < -0.4 is 0 Å². The van der Waals surface area contributed by atoms with Gasteiger partial charge in [-0.15, -0.1) is 0 Å². The Morgan fingerprint density at radius 1 is 0.700 bits per heavy atom. The topological polar surface area (TPSA) is 0 Å². The van der Waals surface area contributed by atoms with E-state index in [-0.39, 0.29) is 0 Å². The summed E-state index contributed by atoms with van der Waals surface area (Å²) in [5.74, 6) is 2.38. The number of rotatable bonds is 0. The quantitative estimate of drug-likeness (QED) is 0.482. The maximum Gasteiger partial charge on any atom is -0.0409 e. The first-order valence-electron chi connectivity index (χ1n) is 4.95. The van der Waals surface area contributed by atoms with Crippen LogP contribution in [0.2, 0.25) is 0 Å². The van der Waals surface area contributed by atoms with Gasteiger partial charge in [0.15, 0.2) is 0 Å². The molecule has 0 saturated heterocycles. The molecular formula is C10H22. The Balaban J connectivity index is 0.000000180. The van der Waals surface area contributed by atoms with E-state index in [2.05, 4.69) is 0 Å². The first kappa shape index (κ1) is 10.0. The zero-order valence-electron chi connectivity index (χ0n) is 7.98. The Labute approximate surface area is 66.0 Å². The van der Waals surface area contributed by atoms with Crippen LogP contribution in [0.1, 0.15) is 53.4 Å².